The zero-order valence-corrected chi connectivity index (χ0v) is 12.4. The van der Waals surface area contributed by atoms with Crippen LogP contribution >= 0.6 is 0 Å². The van der Waals surface area contributed by atoms with Crippen LogP contribution in [0.3, 0.4) is 0 Å². The van der Waals surface area contributed by atoms with Gasteiger partial charge in [-0.15, -0.1) is 0 Å². The molecule has 0 bridgehead atoms. The third-order valence-electron chi connectivity index (χ3n) is 3.27. The van der Waals surface area contributed by atoms with E-state index in [2.05, 4.69) is 45.3 Å². The first-order chi connectivity index (χ1) is 9.71. The van der Waals surface area contributed by atoms with Crippen molar-refractivity contribution in [1.29, 1.82) is 0 Å². The maximum absolute atomic E-state index is 4.56. The van der Waals surface area contributed by atoms with Crippen LogP contribution in [0.2, 0.25) is 0 Å². The van der Waals surface area contributed by atoms with Crippen molar-refractivity contribution in [2.45, 2.75) is 26.9 Å². The molecular formula is C16H22N4. The van der Waals surface area contributed by atoms with E-state index in [-0.39, 0.29) is 0 Å². The normalized spacial score (nSPS) is 10.8. The molecule has 1 N–H and O–H groups in total. The highest BCUT2D eigenvalue weighted by atomic mass is 15.1. The van der Waals surface area contributed by atoms with Gasteiger partial charge in [0.25, 0.3) is 0 Å². The minimum Gasteiger partial charge on any atom is -0.388 e. The first-order valence-electron chi connectivity index (χ1n) is 6.99. The fraction of sp³-hybridized carbons (Fsp3) is 0.375. The van der Waals surface area contributed by atoms with Gasteiger partial charge in [0.15, 0.2) is 0 Å². The van der Waals surface area contributed by atoms with Crippen LogP contribution in [0.5, 0.6) is 0 Å². The lowest BCUT2D eigenvalue weighted by Gasteiger charge is -2.20. The van der Waals surface area contributed by atoms with Gasteiger partial charge >= 0.3 is 0 Å². The highest BCUT2D eigenvalue weighted by Gasteiger charge is 2.07. The minimum atomic E-state index is 0.835. The molecule has 0 aliphatic carbocycles. The Morgan fingerprint density at radius 3 is 2.65 bits per heavy atom. The number of hydrogen-bond acceptors (Lipinski definition) is 4. The number of aromatic nitrogens is 2. The van der Waals surface area contributed by atoms with Crippen LogP contribution in [0.25, 0.3) is 0 Å². The topological polar surface area (TPSA) is 41.0 Å². The molecule has 0 atom stereocenters. The van der Waals surface area contributed by atoms with E-state index in [0.29, 0.717) is 0 Å². The Morgan fingerprint density at radius 2 is 1.95 bits per heavy atom. The Morgan fingerprint density at radius 1 is 1.15 bits per heavy atom. The van der Waals surface area contributed by atoms with Gasteiger partial charge in [-0.1, -0.05) is 13.0 Å². The van der Waals surface area contributed by atoms with Gasteiger partial charge in [0, 0.05) is 37.7 Å². The molecule has 0 aromatic carbocycles. The number of nitrogens with one attached hydrogen (secondary N) is 1. The smallest absolute Gasteiger partial charge is 0.0564 e. The fourth-order valence-electron chi connectivity index (χ4n) is 2.15. The number of pyridine rings is 2. The second-order valence-corrected chi connectivity index (χ2v) is 4.86. The molecule has 0 aliphatic rings. The molecule has 0 amide bonds. The number of hydrogen-bond donors (Lipinski definition) is 1. The van der Waals surface area contributed by atoms with Crippen molar-refractivity contribution < 1.29 is 0 Å². The van der Waals surface area contributed by atoms with Gasteiger partial charge in [0.05, 0.1) is 11.4 Å². The maximum Gasteiger partial charge on any atom is 0.0564 e. The molecular weight excluding hydrogens is 248 g/mol. The molecule has 0 saturated carbocycles. The quantitative estimate of drug-likeness (QED) is 0.876. The van der Waals surface area contributed by atoms with E-state index in [9.17, 15) is 0 Å². The van der Waals surface area contributed by atoms with Crippen LogP contribution in [0.1, 0.15) is 24.0 Å². The second-order valence-electron chi connectivity index (χ2n) is 4.86. The molecule has 0 unspecified atom stereocenters. The van der Waals surface area contributed by atoms with E-state index in [0.717, 1.165) is 42.4 Å². The molecule has 0 saturated heterocycles. The Labute approximate surface area is 120 Å². The van der Waals surface area contributed by atoms with E-state index in [1.807, 2.05) is 32.3 Å². The van der Waals surface area contributed by atoms with Crippen LogP contribution in [0.4, 0.5) is 5.69 Å². The minimum absolute atomic E-state index is 0.835. The number of rotatable bonds is 6. The summed E-state index contributed by atoms with van der Waals surface area (Å²) in [4.78, 5) is 11.3. The van der Waals surface area contributed by atoms with Gasteiger partial charge in [-0.05, 0) is 37.7 Å². The van der Waals surface area contributed by atoms with E-state index in [1.54, 1.807) is 0 Å². The number of aryl methyl sites for hydroxylation is 1. The lowest BCUT2D eigenvalue weighted by molar-refractivity contribution is 0.265. The molecule has 2 aromatic rings. The highest BCUT2D eigenvalue weighted by molar-refractivity contribution is 5.42. The zero-order valence-electron chi connectivity index (χ0n) is 12.4. The average Bonchev–Trinajstić information content (AvgIpc) is 2.47. The van der Waals surface area contributed by atoms with Gasteiger partial charge in [0.1, 0.15) is 0 Å². The standard InChI is InChI=1S/C16H22N4/c1-4-20(11-15-7-5-6-13(2)19-15)12-16-10-14(17-3)8-9-18-16/h5-10H,4,11-12H2,1-3H3,(H,17,18). The van der Waals surface area contributed by atoms with Crippen molar-refractivity contribution in [2.24, 2.45) is 0 Å². The molecule has 0 spiro atoms. The van der Waals surface area contributed by atoms with Crippen molar-refractivity contribution in [3.05, 3.63) is 53.6 Å². The van der Waals surface area contributed by atoms with Crippen molar-refractivity contribution in [3.63, 3.8) is 0 Å². The molecule has 4 nitrogen and oxygen atoms in total. The summed E-state index contributed by atoms with van der Waals surface area (Å²) in [6.07, 6.45) is 1.85. The fourth-order valence-corrected chi connectivity index (χ4v) is 2.15. The van der Waals surface area contributed by atoms with E-state index in [1.165, 1.54) is 0 Å². The van der Waals surface area contributed by atoms with Gasteiger partial charge in [0.2, 0.25) is 0 Å². The molecule has 4 heteroatoms. The van der Waals surface area contributed by atoms with Gasteiger partial charge in [-0.2, -0.15) is 0 Å². The third kappa shape index (κ3) is 4.03. The summed E-state index contributed by atoms with van der Waals surface area (Å²) in [6.45, 7) is 6.85. The van der Waals surface area contributed by atoms with E-state index in [4.69, 9.17) is 0 Å². The van der Waals surface area contributed by atoms with Crippen molar-refractivity contribution >= 4 is 5.69 Å². The monoisotopic (exact) mass is 270 g/mol. The summed E-state index contributed by atoms with van der Waals surface area (Å²) in [5.74, 6) is 0. The molecule has 106 valence electrons. The van der Waals surface area contributed by atoms with Crippen molar-refractivity contribution in [3.8, 4) is 0 Å². The Hall–Kier alpha value is -1.94. The van der Waals surface area contributed by atoms with Crippen LogP contribution in [-0.2, 0) is 13.1 Å². The Balaban J connectivity index is 2.05. The van der Waals surface area contributed by atoms with Gasteiger partial charge in [-0.3, -0.25) is 14.9 Å². The Bertz CT molecular complexity index is 554. The van der Waals surface area contributed by atoms with Crippen LogP contribution in [0.15, 0.2) is 36.5 Å². The largest absolute Gasteiger partial charge is 0.388 e. The number of nitrogens with zero attached hydrogens (tertiary/aromatic N) is 3. The second kappa shape index (κ2) is 7.01. The lowest BCUT2D eigenvalue weighted by Crippen LogP contribution is -2.23. The molecule has 2 rings (SSSR count). The van der Waals surface area contributed by atoms with Crippen LogP contribution in [0, 0.1) is 6.92 Å². The lowest BCUT2D eigenvalue weighted by atomic mass is 10.2. The van der Waals surface area contributed by atoms with Crippen molar-refractivity contribution in [1.82, 2.24) is 14.9 Å². The predicted octanol–water partition coefficient (Wildman–Crippen LogP) is 2.85. The molecule has 2 heterocycles. The third-order valence-corrected chi connectivity index (χ3v) is 3.27. The molecule has 20 heavy (non-hydrogen) atoms. The van der Waals surface area contributed by atoms with Crippen molar-refractivity contribution in [2.75, 3.05) is 18.9 Å². The SMILES string of the molecule is CCN(Cc1cc(NC)ccn1)Cc1cccc(C)n1. The van der Waals surface area contributed by atoms with Gasteiger partial charge in [-0.25, -0.2) is 0 Å². The first kappa shape index (κ1) is 14.5. The Kier molecular flexibility index (Phi) is 5.07. The van der Waals surface area contributed by atoms with E-state index >= 15 is 0 Å². The summed E-state index contributed by atoms with van der Waals surface area (Å²) in [5.41, 5.74) is 4.34. The molecule has 2 aromatic heterocycles. The summed E-state index contributed by atoms with van der Waals surface area (Å²) >= 11 is 0. The molecule has 0 aliphatic heterocycles. The highest BCUT2D eigenvalue weighted by Crippen LogP contribution is 2.11. The van der Waals surface area contributed by atoms with Gasteiger partial charge < -0.3 is 5.32 Å². The molecule has 0 radical (unpaired) electrons. The summed E-state index contributed by atoms with van der Waals surface area (Å²) < 4.78 is 0. The molecule has 0 fully saturated rings. The van der Waals surface area contributed by atoms with Crippen LogP contribution < -0.4 is 5.32 Å². The average molecular weight is 270 g/mol. The summed E-state index contributed by atoms with van der Waals surface area (Å²) in [6, 6.07) is 10.2. The predicted molar refractivity (Wildman–Crippen MR) is 82.5 cm³/mol. The number of anilines is 1. The zero-order chi connectivity index (χ0) is 14.4. The summed E-state index contributed by atoms with van der Waals surface area (Å²) in [5, 5.41) is 3.14. The first-order valence-corrected chi connectivity index (χ1v) is 6.99. The van der Waals surface area contributed by atoms with E-state index < -0.39 is 0 Å². The van der Waals surface area contributed by atoms with Crippen LogP contribution in [-0.4, -0.2) is 28.5 Å². The summed E-state index contributed by atoms with van der Waals surface area (Å²) in [7, 11) is 1.92. The maximum atomic E-state index is 4.56.